The zero-order valence-corrected chi connectivity index (χ0v) is 15.0. The first-order valence-corrected chi connectivity index (χ1v) is 9.25. The van der Waals surface area contributed by atoms with Gasteiger partial charge in [-0.3, -0.25) is 0 Å². The highest BCUT2D eigenvalue weighted by atomic mass is 16.1. The van der Waals surface area contributed by atoms with Crippen molar-refractivity contribution in [1.29, 1.82) is 0 Å². The quantitative estimate of drug-likeness (QED) is 0.579. The van der Waals surface area contributed by atoms with Crippen molar-refractivity contribution in [3.8, 4) is 0 Å². The second kappa shape index (κ2) is 6.42. The molecule has 0 bridgehead atoms. The molecule has 21 heavy (non-hydrogen) atoms. The van der Waals surface area contributed by atoms with Gasteiger partial charge in [0.2, 0.25) is 0 Å². The van der Waals surface area contributed by atoms with Crippen molar-refractivity contribution in [3.63, 3.8) is 0 Å². The van der Waals surface area contributed by atoms with Gasteiger partial charge in [-0.05, 0) is 60.2 Å². The van der Waals surface area contributed by atoms with E-state index < -0.39 is 0 Å². The molecular formula is C20H36O. The molecule has 2 aliphatic carbocycles. The van der Waals surface area contributed by atoms with Crippen molar-refractivity contribution in [2.45, 2.75) is 86.0 Å². The van der Waals surface area contributed by atoms with E-state index in [9.17, 15) is 4.79 Å². The van der Waals surface area contributed by atoms with Crippen molar-refractivity contribution in [1.82, 2.24) is 0 Å². The number of carbonyl (C=O) groups excluding carboxylic acids is 1. The minimum absolute atomic E-state index is 0.528. The molecule has 0 saturated heterocycles. The summed E-state index contributed by atoms with van der Waals surface area (Å²) in [7, 11) is 0. The molecule has 1 nitrogen and oxygen atoms in total. The van der Waals surface area contributed by atoms with E-state index in [2.05, 4.69) is 34.6 Å². The summed E-state index contributed by atoms with van der Waals surface area (Å²) in [4.78, 5) is 10.7. The molecule has 0 aromatic carbocycles. The maximum Gasteiger partial charge on any atom is 0.120 e. The average Bonchev–Trinajstić information content (AvgIpc) is 2.37. The van der Waals surface area contributed by atoms with E-state index >= 15 is 0 Å². The topological polar surface area (TPSA) is 17.1 Å². The maximum absolute atomic E-state index is 10.7. The summed E-state index contributed by atoms with van der Waals surface area (Å²) in [6, 6.07) is 0. The van der Waals surface area contributed by atoms with E-state index in [0.29, 0.717) is 16.7 Å². The molecule has 2 saturated carbocycles. The Kier molecular flexibility index (Phi) is 5.21. The second-order valence-corrected chi connectivity index (χ2v) is 9.15. The Labute approximate surface area is 132 Å². The summed E-state index contributed by atoms with van der Waals surface area (Å²) in [5, 5.41) is 0. The van der Waals surface area contributed by atoms with Gasteiger partial charge in [-0.2, -0.15) is 0 Å². The zero-order chi connectivity index (χ0) is 15.7. The Morgan fingerprint density at radius 2 is 1.90 bits per heavy atom. The fraction of sp³-hybridized carbons (Fsp3) is 0.950. The van der Waals surface area contributed by atoms with Crippen LogP contribution in [0.3, 0.4) is 0 Å². The number of hydrogen-bond donors (Lipinski definition) is 0. The van der Waals surface area contributed by atoms with Gasteiger partial charge in [0.1, 0.15) is 6.29 Å². The lowest BCUT2D eigenvalue weighted by Crippen LogP contribution is -2.51. The third-order valence-electron chi connectivity index (χ3n) is 7.19. The van der Waals surface area contributed by atoms with E-state index in [1.165, 1.54) is 44.9 Å². The molecule has 0 aromatic rings. The molecule has 0 heterocycles. The van der Waals surface area contributed by atoms with Crippen LogP contribution in [0.5, 0.6) is 0 Å². The van der Waals surface area contributed by atoms with Gasteiger partial charge in [0, 0.05) is 6.42 Å². The average molecular weight is 293 g/mol. The lowest BCUT2D eigenvalue weighted by molar-refractivity contribution is -0.109. The number of carbonyl (C=O) groups is 1. The maximum atomic E-state index is 10.7. The first-order chi connectivity index (χ1) is 9.81. The number of rotatable bonds is 5. The third-order valence-corrected chi connectivity index (χ3v) is 7.19. The van der Waals surface area contributed by atoms with Crippen LogP contribution in [-0.4, -0.2) is 6.29 Å². The Balaban J connectivity index is 2.11. The molecular weight excluding hydrogens is 256 g/mol. The SMILES string of the molecule is CC(CC=O)CCC1[C@@H](C)CC[C@H]2C(C)(C)CCC[C@]12C. The van der Waals surface area contributed by atoms with E-state index in [4.69, 9.17) is 0 Å². The van der Waals surface area contributed by atoms with Gasteiger partial charge in [0.15, 0.2) is 0 Å². The van der Waals surface area contributed by atoms with Crippen LogP contribution >= 0.6 is 0 Å². The Morgan fingerprint density at radius 1 is 1.19 bits per heavy atom. The largest absolute Gasteiger partial charge is 0.303 e. The Bertz CT molecular complexity index is 359. The van der Waals surface area contributed by atoms with Gasteiger partial charge in [-0.25, -0.2) is 0 Å². The predicted octanol–water partition coefficient (Wildman–Crippen LogP) is 5.87. The van der Waals surface area contributed by atoms with Crippen molar-refractivity contribution in [3.05, 3.63) is 0 Å². The summed E-state index contributed by atoms with van der Waals surface area (Å²) in [5.74, 6) is 3.20. The van der Waals surface area contributed by atoms with E-state index in [0.717, 1.165) is 30.5 Å². The highest BCUT2D eigenvalue weighted by Gasteiger charge is 2.53. The van der Waals surface area contributed by atoms with Crippen LogP contribution in [-0.2, 0) is 4.79 Å². The molecule has 2 aliphatic rings. The lowest BCUT2D eigenvalue weighted by atomic mass is 9.46. The van der Waals surface area contributed by atoms with Gasteiger partial charge in [-0.1, -0.05) is 53.9 Å². The molecule has 0 amide bonds. The van der Waals surface area contributed by atoms with E-state index in [1.54, 1.807) is 0 Å². The molecule has 0 aliphatic heterocycles. The minimum atomic E-state index is 0.528. The Hall–Kier alpha value is -0.330. The van der Waals surface area contributed by atoms with Gasteiger partial charge >= 0.3 is 0 Å². The lowest BCUT2D eigenvalue weighted by Gasteiger charge is -2.59. The molecule has 1 heteroatoms. The van der Waals surface area contributed by atoms with Crippen LogP contribution in [0.2, 0.25) is 0 Å². The fourth-order valence-electron chi connectivity index (χ4n) is 5.97. The summed E-state index contributed by atoms with van der Waals surface area (Å²) in [6.07, 6.45) is 11.5. The molecule has 2 rings (SSSR count). The van der Waals surface area contributed by atoms with Crippen LogP contribution < -0.4 is 0 Å². The standard InChI is InChI=1S/C20H36O/c1-15(11-14-21)7-9-17-16(2)8-10-18-19(3,4)12-6-13-20(17,18)5/h14-18H,6-13H2,1-5H3/t15?,16-,17?,18-,20+/m0/s1. The third kappa shape index (κ3) is 3.37. The first kappa shape index (κ1) is 17.0. The van der Waals surface area contributed by atoms with Gasteiger partial charge in [0.25, 0.3) is 0 Å². The number of hydrogen-bond acceptors (Lipinski definition) is 1. The first-order valence-electron chi connectivity index (χ1n) is 9.25. The summed E-state index contributed by atoms with van der Waals surface area (Å²) in [6.45, 7) is 12.3. The molecule has 0 radical (unpaired) electrons. The molecule has 0 spiro atoms. The molecule has 2 unspecified atom stereocenters. The summed E-state index contributed by atoms with van der Waals surface area (Å²) < 4.78 is 0. The van der Waals surface area contributed by atoms with Crippen LogP contribution in [0.1, 0.15) is 86.0 Å². The van der Waals surface area contributed by atoms with Gasteiger partial charge in [0.05, 0.1) is 0 Å². The predicted molar refractivity (Wildman–Crippen MR) is 90.2 cm³/mol. The molecule has 0 aromatic heterocycles. The minimum Gasteiger partial charge on any atom is -0.303 e. The van der Waals surface area contributed by atoms with Crippen LogP contribution in [0.4, 0.5) is 0 Å². The number of aldehydes is 1. The highest BCUT2D eigenvalue weighted by Crippen LogP contribution is 2.62. The number of fused-ring (bicyclic) bond motifs is 1. The zero-order valence-electron chi connectivity index (χ0n) is 15.0. The van der Waals surface area contributed by atoms with Crippen molar-refractivity contribution in [2.75, 3.05) is 0 Å². The fourth-order valence-corrected chi connectivity index (χ4v) is 5.97. The van der Waals surface area contributed by atoms with Crippen LogP contribution in [0.25, 0.3) is 0 Å². The highest BCUT2D eigenvalue weighted by molar-refractivity contribution is 5.49. The summed E-state index contributed by atoms with van der Waals surface area (Å²) >= 11 is 0. The smallest absolute Gasteiger partial charge is 0.120 e. The summed E-state index contributed by atoms with van der Waals surface area (Å²) in [5.41, 5.74) is 1.07. The van der Waals surface area contributed by atoms with Crippen molar-refractivity contribution >= 4 is 6.29 Å². The van der Waals surface area contributed by atoms with Crippen molar-refractivity contribution in [2.24, 2.45) is 34.5 Å². The van der Waals surface area contributed by atoms with Gasteiger partial charge in [-0.15, -0.1) is 0 Å². The van der Waals surface area contributed by atoms with Crippen LogP contribution in [0.15, 0.2) is 0 Å². The van der Waals surface area contributed by atoms with Gasteiger partial charge < -0.3 is 4.79 Å². The van der Waals surface area contributed by atoms with Crippen molar-refractivity contribution < 1.29 is 4.79 Å². The normalized spacial score (nSPS) is 40.3. The molecule has 2 fully saturated rings. The van der Waals surface area contributed by atoms with E-state index in [1.807, 2.05) is 0 Å². The monoisotopic (exact) mass is 292 g/mol. The van der Waals surface area contributed by atoms with E-state index in [-0.39, 0.29) is 0 Å². The Morgan fingerprint density at radius 3 is 2.57 bits per heavy atom. The molecule has 5 atom stereocenters. The second-order valence-electron chi connectivity index (χ2n) is 9.15. The molecule has 122 valence electrons. The molecule has 0 N–H and O–H groups in total. The van der Waals surface area contributed by atoms with Crippen LogP contribution in [0, 0.1) is 34.5 Å².